The largest absolute Gasteiger partial charge is 0.349 e. The Morgan fingerprint density at radius 2 is 1.30 bits per heavy atom. The van der Waals surface area contributed by atoms with Crippen molar-refractivity contribution in [2.75, 3.05) is 4.90 Å². The molecule has 0 atom stereocenters. The summed E-state index contributed by atoms with van der Waals surface area (Å²) in [7, 11) is 0. The lowest BCUT2D eigenvalue weighted by Crippen LogP contribution is -2.55. The van der Waals surface area contributed by atoms with E-state index in [1.807, 2.05) is 0 Å². The molecule has 5 aliphatic rings. The first-order chi connectivity index (χ1) is 14.6. The van der Waals surface area contributed by atoms with Gasteiger partial charge in [-0.1, -0.05) is 12.1 Å². The van der Waals surface area contributed by atoms with Gasteiger partial charge in [0.15, 0.2) is 0 Å². The summed E-state index contributed by atoms with van der Waals surface area (Å²) in [5.41, 5.74) is 1.91. The number of carbonyl (C=O) groups excluding carboxylic acids is 3. The van der Waals surface area contributed by atoms with E-state index in [4.69, 9.17) is 0 Å². The average molecular weight is 400 g/mol. The molecule has 0 radical (unpaired) electrons. The number of nitrogens with zero attached hydrogens (tertiary/aromatic N) is 1. The highest BCUT2D eigenvalue weighted by molar-refractivity contribution is 6.34. The van der Waals surface area contributed by atoms with Gasteiger partial charge in [0, 0.05) is 11.6 Å². The molecule has 1 aliphatic heterocycles. The normalized spacial score (nSPS) is 31.2. The summed E-state index contributed by atoms with van der Waals surface area (Å²) in [6.45, 7) is 0. The Balaban J connectivity index is 1.19. The first-order valence-electron chi connectivity index (χ1n) is 11.0. The second-order valence-corrected chi connectivity index (χ2v) is 9.47. The third-order valence-corrected chi connectivity index (χ3v) is 7.71. The molecule has 0 aromatic heterocycles. The van der Waals surface area contributed by atoms with E-state index >= 15 is 0 Å². The molecule has 152 valence electrons. The predicted octanol–water partition coefficient (Wildman–Crippen LogP) is 4.04. The van der Waals surface area contributed by atoms with Crippen molar-refractivity contribution in [3.63, 3.8) is 0 Å². The summed E-state index contributed by atoms with van der Waals surface area (Å²) >= 11 is 0. The van der Waals surface area contributed by atoms with Gasteiger partial charge in [-0.25, -0.2) is 4.90 Å². The number of anilines is 1. The summed E-state index contributed by atoms with van der Waals surface area (Å²) < 4.78 is 0. The minimum Gasteiger partial charge on any atom is -0.349 e. The second kappa shape index (κ2) is 6.53. The molecule has 1 heterocycles. The molecule has 0 saturated heterocycles. The van der Waals surface area contributed by atoms with Crippen molar-refractivity contribution >= 4 is 23.4 Å². The van der Waals surface area contributed by atoms with E-state index in [1.54, 1.807) is 48.5 Å². The van der Waals surface area contributed by atoms with Crippen molar-refractivity contribution < 1.29 is 14.4 Å². The lowest BCUT2D eigenvalue weighted by atomic mass is 9.54. The maximum absolute atomic E-state index is 12.9. The molecule has 4 bridgehead atoms. The van der Waals surface area contributed by atoms with Crippen LogP contribution < -0.4 is 10.2 Å². The SMILES string of the molecule is O=C(NC1C2CC3CC(C2)CC1C3)c1ccc(N2C(=O)c3ccccc3C2=O)cc1. The fourth-order valence-electron chi connectivity index (χ4n) is 6.58. The van der Waals surface area contributed by atoms with Crippen LogP contribution in [0, 0.1) is 23.7 Å². The number of rotatable bonds is 3. The molecule has 5 nitrogen and oxygen atoms in total. The highest BCUT2D eigenvalue weighted by Crippen LogP contribution is 2.53. The van der Waals surface area contributed by atoms with Crippen LogP contribution in [0.4, 0.5) is 5.69 Å². The minimum atomic E-state index is -0.318. The highest BCUT2D eigenvalue weighted by atomic mass is 16.2. The molecule has 2 aromatic carbocycles. The standard InChI is InChI=1S/C25H24N2O3/c28-23(26-22-17-10-14-9-15(12-17)13-18(22)11-14)16-5-7-19(8-6-16)27-24(29)20-3-1-2-4-21(20)25(27)30/h1-8,14-15,17-18,22H,9-13H2,(H,26,28). The number of benzene rings is 2. The topological polar surface area (TPSA) is 66.5 Å². The van der Waals surface area contributed by atoms with E-state index in [1.165, 1.54) is 37.0 Å². The number of hydrogen-bond donors (Lipinski definition) is 1. The van der Waals surface area contributed by atoms with Crippen LogP contribution in [-0.2, 0) is 0 Å². The number of fused-ring (bicyclic) bond motifs is 1. The number of hydrogen-bond acceptors (Lipinski definition) is 3. The van der Waals surface area contributed by atoms with E-state index < -0.39 is 0 Å². The summed E-state index contributed by atoms with van der Waals surface area (Å²) in [5, 5.41) is 3.31. The van der Waals surface area contributed by atoms with Crippen LogP contribution in [0.1, 0.15) is 63.2 Å². The van der Waals surface area contributed by atoms with Crippen LogP contribution >= 0.6 is 0 Å². The monoisotopic (exact) mass is 400 g/mol. The molecule has 2 aromatic rings. The summed E-state index contributed by atoms with van der Waals surface area (Å²) in [6, 6.07) is 13.9. The molecule has 0 unspecified atom stereocenters. The molecule has 4 fully saturated rings. The minimum absolute atomic E-state index is 0.0543. The van der Waals surface area contributed by atoms with Crippen molar-refractivity contribution in [1.82, 2.24) is 5.32 Å². The summed E-state index contributed by atoms with van der Waals surface area (Å²) in [5.74, 6) is 2.31. The predicted molar refractivity (Wildman–Crippen MR) is 112 cm³/mol. The maximum atomic E-state index is 12.9. The van der Waals surface area contributed by atoms with Gasteiger partial charge < -0.3 is 5.32 Å². The van der Waals surface area contributed by atoms with Gasteiger partial charge in [-0.05, 0) is 92.2 Å². The zero-order valence-corrected chi connectivity index (χ0v) is 16.7. The van der Waals surface area contributed by atoms with Crippen molar-refractivity contribution in [3.8, 4) is 0 Å². The fourth-order valence-corrected chi connectivity index (χ4v) is 6.58. The molecule has 30 heavy (non-hydrogen) atoms. The highest BCUT2D eigenvalue weighted by Gasteiger charge is 2.48. The Morgan fingerprint density at radius 1 is 0.767 bits per heavy atom. The molecule has 3 amide bonds. The molecule has 5 heteroatoms. The van der Waals surface area contributed by atoms with Gasteiger partial charge in [-0.2, -0.15) is 0 Å². The maximum Gasteiger partial charge on any atom is 0.266 e. The first-order valence-corrected chi connectivity index (χ1v) is 11.0. The molecule has 4 aliphatic carbocycles. The zero-order chi connectivity index (χ0) is 20.4. The molecule has 1 N–H and O–H groups in total. The van der Waals surface area contributed by atoms with E-state index in [0.717, 1.165) is 11.8 Å². The number of imide groups is 1. The van der Waals surface area contributed by atoms with Crippen LogP contribution in [-0.4, -0.2) is 23.8 Å². The lowest BCUT2D eigenvalue weighted by molar-refractivity contribution is -0.0119. The van der Waals surface area contributed by atoms with Crippen LogP contribution in [0.2, 0.25) is 0 Å². The Labute approximate surface area is 175 Å². The van der Waals surface area contributed by atoms with Crippen molar-refractivity contribution in [3.05, 3.63) is 65.2 Å². The Hall–Kier alpha value is -2.95. The molecule has 0 spiro atoms. The van der Waals surface area contributed by atoms with Gasteiger partial charge in [-0.3, -0.25) is 14.4 Å². The van der Waals surface area contributed by atoms with Crippen LogP contribution in [0.15, 0.2) is 48.5 Å². The van der Waals surface area contributed by atoms with Crippen molar-refractivity contribution in [2.24, 2.45) is 23.7 Å². The van der Waals surface area contributed by atoms with Gasteiger partial charge >= 0.3 is 0 Å². The van der Waals surface area contributed by atoms with E-state index in [9.17, 15) is 14.4 Å². The average Bonchev–Trinajstić information content (AvgIpc) is 3.01. The third kappa shape index (κ3) is 2.64. The van der Waals surface area contributed by atoms with E-state index in [2.05, 4.69) is 5.32 Å². The van der Waals surface area contributed by atoms with Gasteiger partial charge in [-0.15, -0.1) is 0 Å². The number of carbonyl (C=O) groups is 3. The van der Waals surface area contributed by atoms with E-state index in [-0.39, 0.29) is 17.7 Å². The van der Waals surface area contributed by atoms with Crippen molar-refractivity contribution in [2.45, 2.75) is 38.1 Å². The van der Waals surface area contributed by atoms with Gasteiger partial charge in [0.05, 0.1) is 16.8 Å². The Morgan fingerprint density at radius 3 is 1.83 bits per heavy atom. The lowest BCUT2D eigenvalue weighted by Gasteiger charge is -2.54. The number of nitrogens with one attached hydrogen (secondary N) is 1. The smallest absolute Gasteiger partial charge is 0.266 e. The third-order valence-electron chi connectivity index (χ3n) is 7.71. The molecular weight excluding hydrogens is 376 g/mol. The Kier molecular flexibility index (Phi) is 3.89. The van der Waals surface area contributed by atoms with Gasteiger partial charge in [0.25, 0.3) is 17.7 Å². The van der Waals surface area contributed by atoms with Crippen LogP contribution in [0.25, 0.3) is 0 Å². The fraction of sp³-hybridized carbons (Fsp3) is 0.400. The zero-order valence-electron chi connectivity index (χ0n) is 16.7. The van der Waals surface area contributed by atoms with Crippen LogP contribution in [0.3, 0.4) is 0 Å². The Bertz CT molecular complexity index is 995. The van der Waals surface area contributed by atoms with Crippen molar-refractivity contribution in [1.29, 1.82) is 0 Å². The number of amides is 3. The summed E-state index contributed by atoms with van der Waals surface area (Å²) in [6.07, 6.45) is 6.44. The quantitative estimate of drug-likeness (QED) is 0.791. The second-order valence-electron chi connectivity index (χ2n) is 9.47. The first kappa shape index (κ1) is 17.9. The molecular formula is C25H24N2O3. The van der Waals surface area contributed by atoms with Gasteiger partial charge in [0.1, 0.15) is 0 Å². The molecule has 7 rings (SSSR count). The van der Waals surface area contributed by atoms with Gasteiger partial charge in [0.2, 0.25) is 0 Å². The van der Waals surface area contributed by atoms with Crippen LogP contribution in [0.5, 0.6) is 0 Å². The summed E-state index contributed by atoms with van der Waals surface area (Å²) in [4.78, 5) is 39.4. The molecule has 4 saturated carbocycles. The van der Waals surface area contributed by atoms with E-state index in [0.29, 0.717) is 40.3 Å².